The third-order valence-corrected chi connectivity index (χ3v) is 4.98. The summed E-state index contributed by atoms with van der Waals surface area (Å²) in [5.41, 5.74) is 7.17. The third kappa shape index (κ3) is 3.56. The fourth-order valence-electron chi connectivity index (χ4n) is 3.94. The zero-order valence-corrected chi connectivity index (χ0v) is 16.2. The predicted molar refractivity (Wildman–Crippen MR) is 103 cm³/mol. The largest absolute Gasteiger partial charge is 0.477 e. The molecular weight excluding hydrogens is 349 g/mol. The number of rotatable bonds is 3. The molecule has 1 saturated heterocycles. The van der Waals surface area contributed by atoms with Gasteiger partial charge in [0.15, 0.2) is 5.82 Å². The molecule has 1 fully saturated rings. The van der Waals surface area contributed by atoms with Crippen molar-refractivity contribution in [2.45, 2.75) is 46.6 Å². The number of pyridine rings is 2. The monoisotopic (exact) mass is 375 g/mol. The highest BCUT2D eigenvalue weighted by molar-refractivity contribution is 5.89. The van der Waals surface area contributed by atoms with Gasteiger partial charge in [-0.25, -0.2) is 9.18 Å². The van der Waals surface area contributed by atoms with Gasteiger partial charge in [0.25, 0.3) is 5.56 Å². The number of nitrogens with zero attached hydrogens (tertiary/aromatic N) is 2. The second-order valence-electron chi connectivity index (χ2n) is 8.60. The van der Waals surface area contributed by atoms with Crippen molar-refractivity contribution in [3.05, 3.63) is 45.1 Å². The van der Waals surface area contributed by atoms with Crippen molar-refractivity contribution in [1.29, 1.82) is 0 Å². The Kier molecular flexibility index (Phi) is 4.76. The summed E-state index contributed by atoms with van der Waals surface area (Å²) in [4.78, 5) is 26.1. The van der Waals surface area contributed by atoms with Gasteiger partial charge >= 0.3 is 5.97 Å². The van der Waals surface area contributed by atoms with Crippen molar-refractivity contribution in [3.8, 4) is 0 Å². The molecule has 2 aromatic rings. The van der Waals surface area contributed by atoms with E-state index in [0.29, 0.717) is 36.3 Å². The van der Waals surface area contributed by atoms with Gasteiger partial charge in [0.2, 0.25) is 0 Å². The van der Waals surface area contributed by atoms with E-state index < -0.39 is 17.3 Å². The van der Waals surface area contributed by atoms with E-state index in [1.54, 1.807) is 6.92 Å². The van der Waals surface area contributed by atoms with Gasteiger partial charge in [0.05, 0.1) is 17.4 Å². The molecule has 27 heavy (non-hydrogen) atoms. The van der Waals surface area contributed by atoms with Crippen molar-refractivity contribution in [1.82, 2.24) is 4.40 Å². The fraction of sp³-hybridized carbons (Fsp3) is 0.500. The van der Waals surface area contributed by atoms with Crippen LogP contribution in [-0.4, -0.2) is 34.6 Å². The number of hydrogen-bond acceptors (Lipinski definition) is 4. The summed E-state index contributed by atoms with van der Waals surface area (Å²) in [7, 11) is 0. The minimum Gasteiger partial charge on any atom is -0.477 e. The molecule has 2 aromatic heterocycles. The summed E-state index contributed by atoms with van der Waals surface area (Å²) in [5.74, 6) is -1.85. The van der Waals surface area contributed by atoms with Crippen LogP contribution in [0.2, 0.25) is 0 Å². The second kappa shape index (κ2) is 6.64. The Morgan fingerprint density at radius 3 is 2.59 bits per heavy atom. The number of aromatic carboxylic acids is 1. The molecule has 1 aliphatic rings. The fourth-order valence-corrected chi connectivity index (χ4v) is 3.94. The van der Waals surface area contributed by atoms with Gasteiger partial charge < -0.3 is 15.7 Å². The number of aryl methyl sites for hydroxylation is 1. The smallest absolute Gasteiger partial charge is 0.341 e. The highest BCUT2D eigenvalue weighted by atomic mass is 19.1. The van der Waals surface area contributed by atoms with Crippen LogP contribution < -0.4 is 16.2 Å². The number of fused-ring (bicyclic) bond motifs is 1. The zero-order valence-electron chi connectivity index (χ0n) is 16.2. The molecule has 0 aromatic carbocycles. The van der Waals surface area contributed by atoms with Gasteiger partial charge in [0, 0.05) is 19.1 Å². The van der Waals surface area contributed by atoms with Crippen LogP contribution in [0.4, 0.5) is 10.1 Å². The van der Waals surface area contributed by atoms with E-state index in [-0.39, 0.29) is 17.0 Å². The van der Waals surface area contributed by atoms with E-state index in [0.717, 1.165) is 22.6 Å². The summed E-state index contributed by atoms with van der Waals surface area (Å²) in [6.07, 6.45) is 2.45. The summed E-state index contributed by atoms with van der Waals surface area (Å²) < 4.78 is 16.1. The minimum absolute atomic E-state index is 0.00866. The van der Waals surface area contributed by atoms with Crippen molar-refractivity contribution < 1.29 is 14.3 Å². The quantitative estimate of drug-likeness (QED) is 0.861. The molecule has 0 spiro atoms. The topological polar surface area (TPSA) is 88.0 Å². The first kappa shape index (κ1) is 19.4. The van der Waals surface area contributed by atoms with Gasteiger partial charge in [-0.05, 0) is 42.4 Å². The third-order valence-electron chi connectivity index (χ3n) is 4.98. The Morgan fingerprint density at radius 2 is 2.07 bits per heavy atom. The Labute approximate surface area is 157 Å². The van der Waals surface area contributed by atoms with Crippen molar-refractivity contribution in [3.63, 3.8) is 0 Å². The van der Waals surface area contributed by atoms with Crippen LogP contribution in [0.1, 0.15) is 48.7 Å². The van der Waals surface area contributed by atoms with Crippen LogP contribution in [0.3, 0.4) is 0 Å². The Morgan fingerprint density at radius 1 is 1.41 bits per heavy atom. The molecule has 0 amide bonds. The summed E-state index contributed by atoms with van der Waals surface area (Å²) >= 11 is 0. The van der Waals surface area contributed by atoms with E-state index in [9.17, 15) is 19.1 Å². The number of anilines is 1. The number of carboxylic acid groups (broad SMARTS) is 1. The van der Waals surface area contributed by atoms with E-state index in [1.807, 2.05) is 25.7 Å². The first-order valence-corrected chi connectivity index (χ1v) is 9.11. The van der Waals surface area contributed by atoms with E-state index in [1.165, 1.54) is 6.07 Å². The molecule has 3 rings (SSSR count). The normalized spacial score (nSPS) is 17.7. The highest BCUT2D eigenvalue weighted by Gasteiger charge is 2.27. The number of aromatic nitrogens is 1. The van der Waals surface area contributed by atoms with Gasteiger partial charge in [-0.15, -0.1) is 0 Å². The van der Waals surface area contributed by atoms with Gasteiger partial charge in [-0.3, -0.25) is 9.20 Å². The van der Waals surface area contributed by atoms with Gasteiger partial charge in [0.1, 0.15) is 5.56 Å². The minimum atomic E-state index is -1.31. The number of carboxylic acids is 1. The molecule has 6 nitrogen and oxygen atoms in total. The van der Waals surface area contributed by atoms with Crippen LogP contribution in [0, 0.1) is 18.2 Å². The number of carbonyl (C=O) groups is 1. The number of hydrogen-bond donors (Lipinski definition) is 2. The lowest BCUT2D eigenvalue weighted by molar-refractivity contribution is 0.0694. The SMILES string of the molecule is Cc1c(N2CC[C@H](N)C2)c(F)cn2c(=O)c(C(=O)O)cc(CC(C)(C)C)c12. The van der Waals surface area contributed by atoms with Crippen LogP contribution in [-0.2, 0) is 6.42 Å². The maximum absolute atomic E-state index is 15.0. The summed E-state index contributed by atoms with van der Waals surface area (Å²) in [6, 6.07) is 1.43. The summed E-state index contributed by atoms with van der Waals surface area (Å²) in [6.45, 7) is 9.10. The van der Waals surface area contributed by atoms with Crippen LogP contribution in [0.15, 0.2) is 17.1 Å². The maximum atomic E-state index is 15.0. The lowest BCUT2D eigenvalue weighted by Gasteiger charge is -2.25. The average Bonchev–Trinajstić information content (AvgIpc) is 2.94. The second-order valence-corrected chi connectivity index (χ2v) is 8.60. The van der Waals surface area contributed by atoms with Crippen molar-refractivity contribution in [2.24, 2.45) is 11.1 Å². The lowest BCUT2D eigenvalue weighted by atomic mass is 9.86. The number of halogens is 1. The Balaban J connectivity index is 2.35. The van der Waals surface area contributed by atoms with Gasteiger partial charge in [-0.2, -0.15) is 0 Å². The zero-order chi connectivity index (χ0) is 20.1. The molecule has 0 saturated carbocycles. The molecular formula is C20H26FN3O3. The molecule has 0 unspecified atom stereocenters. The first-order chi connectivity index (χ1) is 12.5. The molecule has 0 radical (unpaired) electrons. The van der Waals surface area contributed by atoms with Gasteiger partial charge in [-0.1, -0.05) is 20.8 Å². The molecule has 0 bridgehead atoms. The standard InChI is InChI=1S/C20H26FN3O3/c1-11-16-12(8-20(2,3)4)7-14(19(26)27)18(25)24(16)10-15(21)17(11)23-6-5-13(22)9-23/h7,10,13H,5-6,8-9,22H2,1-4H3,(H,26,27)/t13-/m0/s1. The van der Waals surface area contributed by atoms with Crippen LogP contribution in [0.5, 0.6) is 0 Å². The molecule has 1 aliphatic heterocycles. The Bertz CT molecular complexity index is 975. The van der Waals surface area contributed by atoms with E-state index in [4.69, 9.17) is 5.73 Å². The van der Waals surface area contributed by atoms with E-state index >= 15 is 0 Å². The first-order valence-electron chi connectivity index (χ1n) is 9.11. The molecule has 7 heteroatoms. The molecule has 146 valence electrons. The molecule has 1 atom stereocenters. The maximum Gasteiger partial charge on any atom is 0.341 e. The molecule has 3 N–H and O–H groups in total. The van der Waals surface area contributed by atoms with Crippen molar-refractivity contribution in [2.75, 3.05) is 18.0 Å². The van der Waals surface area contributed by atoms with Crippen LogP contribution >= 0.6 is 0 Å². The molecule has 3 heterocycles. The van der Waals surface area contributed by atoms with E-state index in [2.05, 4.69) is 0 Å². The molecule has 0 aliphatic carbocycles. The lowest BCUT2D eigenvalue weighted by Crippen LogP contribution is -2.29. The summed E-state index contributed by atoms with van der Waals surface area (Å²) in [5, 5.41) is 9.41. The van der Waals surface area contributed by atoms with Crippen LogP contribution in [0.25, 0.3) is 5.52 Å². The average molecular weight is 375 g/mol. The van der Waals surface area contributed by atoms with Crippen molar-refractivity contribution >= 4 is 17.2 Å². The highest BCUT2D eigenvalue weighted by Crippen LogP contribution is 2.33. The Hall–Kier alpha value is -2.41. The number of nitrogens with two attached hydrogens (primary N) is 1. The predicted octanol–water partition coefficient (Wildman–Crippen LogP) is 2.57.